The van der Waals surface area contributed by atoms with Gasteiger partial charge in [-0.2, -0.15) is 0 Å². The zero-order chi connectivity index (χ0) is 28.9. The Bertz CT molecular complexity index is 1110. The summed E-state index contributed by atoms with van der Waals surface area (Å²) in [6.07, 6.45) is 2.20. The van der Waals surface area contributed by atoms with Crippen LogP contribution >= 0.6 is 0 Å². The molecule has 196 valence electrons. The number of ketones is 1. The maximum atomic E-state index is 18.2. The maximum absolute atomic E-state index is 18.2. The van der Waals surface area contributed by atoms with Crippen LogP contribution in [0.25, 0.3) is 0 Å². The third kappa shape index (κ3) is 4.17. The molecule has 0 aromatic heterocycles. The molecule has 0 aromatic carbocycles. The number of hydrogen-bond acceptors (Lipinski definition) is 3. The summed E-state index contributed by atoms with van der Waals surface area (Å²) in [5, 5.41) is 0. The lowest BCUT2D eigenvalue weighted by Gasteiger charge is -2.63. The number of alkyl halides is 2. The largest absolute Gasteiger partial charge is 0.548 e. The number of hydrogen-bond donors (Lipinski definition) is 0. The highest BCUT2D eigenvalue weighted by atomic mass is 28.4. The summed E-state index contributed by atoms with van der Waals surface area (Å²) in [7, 11) is -4.37. The van der Waals surface area contributed by atoms with Gasteiger partial charge in [-0.3, -0.25) is 4.79 Å². The number of fused-ring (bicyclic) bond motifs is 5. The Kier molecular flexibility index (Phi) is 5.42. The summed E-state index contributed by atoms with van der Waals surface area (Å²) < 4.78 is 72.6. The van der Waals surface area contributed by atoms with Crippen LogP contribution in [0.5, 0.6) is 0 Å². The fraction of sp³-hybridized carbons (Fsp3) is 0.750. The Balaban J connectivity index is 1.96. The van der Waals surface area contributed by atoms with Gasteiger partial charge in [0.1, 0.15) is 6.17 Å². The van der Waals surface area contributed by atoms with Gasteiger partial charge in [0.15, 0.2) is 19.8 Å². The highest BCUT2D eigenvalue weighted by Crippen LogP contribution is 2.71. The van der Waals surface area contributed by atoms with E-state index in [1.165, 1.54) is 12.2 Å². The molecule has 0 radical (unpaired) electrons. The highest BCUT2D eigenvalue weighted by Gasteiger charge is 2.72. The molecular formula is C28H44F2O3Si2. The van der Waals surface area contributed by atoms with Crippen LogP contribution in [0, 0.1) is 28.6 Å². The van der Waals surface area contributed by atoms with Gasteiger partial charge in [0, 0.05) is 15.4 Å². The van der Waals surface area contributed by atoms with Crippen LogP contribution < -0.4 is 0 Å². The molecule has 4 rings (SSSR count). The van der Waals surface area contributed by atoms with Crippen LogP contribution in [0.1, 0.15) is 51.0 Å². The van der Waals surface area contributed by atoms with Gasteiger partial charge >= 0.3 is 0 Å². The fourth-order valence-corrected chi connectivity index (χ4v) is 9.88. The van der Waals surface area contributed by atoms with Crippen molar-refractivity contribution >= 4 is 22.4 Å². The molecular weight excluding hydrogens is 478 g/mol. The summed E-state index contributed by atoms with van der Waals surface area (Å²) in [6, 6.07) is 0. The summed E-state index contributed by atoms with van der Waals surface area (Å²) in [5.74, 6) is -1.69. The van der Waals surface area contributed by atoms with E-state index in [4.69, 9.17) is 13.0 Å². The van der Waals surface area contributed by atoms with Crippen molar-refractivity contribution in [2.75, 3.05) is 0 Å². The van der Waals surface area contributed by atoms with Crippen molar-refractivity contribution in [3.05, 3.63) is 35.1 Å². The third-order valence-electron chi connectivity index (χ3n) is 8.78. The minimum atomic E-state index is -2.30. The second-order valence-electron chi connectivity index (χ2n) is 13.5. The molecule has 35 heavy (non-hydrogen) atoms. The van der Waals surface area contributed by atoms with Crippen molar-refractivity contribution in [1.29, 1.82) is 0 Å². The number of rotatable bonds is 4. The SMILES string of the molecule is [2H]C([2H])([2H])[C@@H]1C[C@H]2[C@@H]3C[C@H](F)C4=CC(=O)C=C[C@]4(C)[C@@]3(F)[C@@H](O[Si](C)(C)C)C[C@]2(C)/C1=C(/C)O[Si](C)(C)C. The molecule has 0 amide bonds. The molecule has 0 aromatic rings. The van der Waals surface area contributed by atoms with Gasteiger partial charge in [-0.1, -0.05) is 19.9 Å². The van der Waals surface area contributed by atoms with E-state index in [1.54, 1.807) is 13.0 Å². The van der Waals surface area contributed by atoms with E-state index < -0.39 is 70.0 Å². The van der Waals surface area contributed by atoms with Gasteiger partial charge in [0.05, 0.1) is 11.9 Å². The number of allylic oxidation sites excluding steroid dienone is 6. The number of carbonyl (C=O) groups excluding carboxylic acids is 1. The molecule has 0 bridgehead atoms. The van der Waals surface area contributed by atoms with E-state index in [9.17, 15) is 4.79 Å². The van der Waals surface area contributed by atoms with Crippen LogP contribution in [-0.4, -0.2) is 40.4 Å². The Morgan fingerprint density at radius 3 is 2.34 bits per heavy atom. The van der Waals surface area contributed by atoms with Crippen molar-refractivity contribution in [3.8, 4) is 0 Å². The topological polar surface area (TPSA) is 35.5 Å². The van der Waals surface area contributed by atoms with Gasteiger partial charge in [0.2, 0.25) is 8.32 Å². The van der Waals surface area contributed by atoms with Crippen molar-refractivity contribution in [3.63, 3.8) is 0 Å². The van der Waals surface area contributed by atoms with Crippen molar-refractivity contribution in [2.45, 2.75) is 104 Å². The first-order chi connectivity index (χ1) is 17.0. The van der Waals surface area contributed by atoms with E-state index in [0.717, 1.165) is 5.57 Å². The molecule has 4 aliphatic rings. The van der Waals surface area contributed by atoms with Crippen LogP contribution in [0.4, 0.5) is 8.78 Å². The standard InChI is InChI=1S/C28H44F2O3Si2/c1-17-13-20-21-15-23(29)22-14-19(31)11-12-27(22,4)28(21,30)24(33-35(8,9)10)16-26(20,3)25(17)18(2)32-34(5,6)7/h11-12,14,17,20-21,23-24H,13,15-16H2,1-10H3/b25-18-/t17-,20+,21+,23+,24+,26+,27+,28+/m1/s1/i1D3. The van der Waals surface area contributed by atoms with E-state index in [2.05, 4.69) is 19.6 Å². The summed E-state index contributed by atoms with van der Waals surface area (Å²) in [4.78, 5) is 12.2. The maximum Gasteiger partial charge on any atom is 0.241 e. The van der Waals surface area contributed by atoms with E-state index in [0.29, 0.717) is 5.76 Å². The lowest BCUT2D eigenvalue weighted by molar-refractivity contribution is -0.185. The first-order valence-electron chi connectivity index (χ1n) is 14.4. The van der Waals surface area contributed by atoms with E-state index >= 15 is 8.78 Å². The quantitative estimate of drug-likeness (QED) is 0.281. The van der Waals surface area contributed by atoms with Crippen molar-refractivity contribution in [1.82, 2.24) is 0 Å². The van der Waals surface area contributed by atoms with Crippen LogP contribution in [0.3, 0.4) is 0 Å². The summed E-state index contributed by atoms with van der Waals surface area (Å²) in [6.45, 7) is 15.5. The zero-order valence-corrected chi connectivity index (χ0v) is 24.7. The molecule has 8 atom stereocenters. The first kappa shape index (κ1) is 23.1. The number of halogens is 2. The van der Waals surface area contributed by atoms with E-state index in [1.807, 2.05) is 33.5 Å². The average Bonchev–Trinajstić information content (AvgIpc) is 3.02. The summed E-state index contributed by atoms with van der Waals surface area (Å²) >= 11 is 0. The molecule has 4 aliphatic carbocycles. The van der Waals surface area contributed by atoms with Crippen molar-refractivity contribution in [2.24, 2.45) is 28.6 Å². The molecule has 0 unspecified atom stereocenters. The molecule has 0 aliphatic heterocycles. The first-order valence-corrected chi connectivity index (χ1v) is 19.7. The minimum Gasteiger partial charge on any atom is -0.548 e. The van der Waals surface area contributed by atoms with Crippen LogP contribution in [0.2, 0.25) is 39.3 Å². The van der Waals surface area contributed by atoms with Gasteiger partial charge in [-0.05, 0) is 113 Å². The zero-order valence-electron chi connectivity index (χ0n) is 25.7. The Hall–Kier alpha value is -1.06. The molecule has 3 nitrogen and oxygen atoms in total. The molecule has 3 saturated carbocycles. The predicted octanol–water partition coefficient (Wildman–Crippen LogP) is 7.54. The van der Waals surface area contributed by atoms with E-state index in [-0.39, 0.29) is 30.6 Å². The second-order valence-corrected chi connectivity index (χ2v) is 22.4. The molecule has 0 heterocycles. The van der Waals surface area contributed by atoms with Gasteiger partial charge in [-0.15, -0.1) is 0 Å². The molecule has 3 fully saturated rings. The number of carbonyl (C=O) groups is 1. The Morgan fingerprint density at radius 1 is 1.11 bits per heavy atom. The fourth-order valence-electron chi connectivity index (χ4n) is 7.75. The smallest absolute Gasteiger partial charge is 0.241 e. The monoisotopic (exact) mass is 525 g/mol. The van der Waals surface area contributed by atoms with Crippen LogP contribution in [-0.2, 0) is 13.6 Å². The molecule has 0 saturated heterocycles. The normalized spacial score (nSPS) is 46.5. The second kappa shape index (κ2) is 8.22. The van der Waals surface area contributed by atoms with Gasteiger partial charge in [-0.25, -0.2) is 8.78 Å². The Labute approximate surface area is 216 Å². The predicted molar refractivity (Wildman–Crippen MR) is 143 cm³/mol. The third-order valence-corrected chi connectivity index (χ3v) is 10.7. The Morgan fingerprint density at radius 2 is 1.77 bits per heavy atom. The van der Waals surface area contributed by atoms with Gasteiger partial charge < -0.3 is 8.85 Å². The summed E-state index contributed by atoms with van der Waals surface area (Å²) in [5.41, 5.74) is -3.17. The lowest BCUT2D eigenvalue weighted by Crippen LogP contribution is -2.69. The average molecular weight is 526 g/mol. The molecule has 7 heteroatoms. The molecule has 0 N–H and O–H groups in total. The minimum absolute atomic E-state index is 0.0974. The van der Waals surface area contributed by atoms with Crippen LogP contribution in [0.15, 0.2) is 35.1 Å². The molecule has 0 spiro atoms. The van der Waals surface area contributed by atoms with Gasteiger partial charge in [0.25, 0.3) is 0 Å². The lowest BCUT2D eigenvalue weighted by atomic mass is 9.45. The highest BCUT2D eigenvalue weighted by molar-refractivity contribution is 6.70. The van der Waals surface area contributed by atoms with Crippen molar-refractivity contribution < 1.29 is 26.5 Å².